The normalized spacial score (nSPS) is 17.4. The van der Waals surface area contributed by atoms with Crippen molar-refractivity contribution < 1.29 is 9.53 Å². The van der Waals surface area contributed by atoms with Gasteiger partial charge in [0.1, 0.15) is 17.1 Å². The largest absolute Gasteiger partial charge is 0.472 e. The molecular formula is C16H13BrN4O2S. The minimum absolute atomic E-state index is 0.000217. The first kappa shape index (κ1) is 15.5. The monoisotopic (exact) mass is 404 g/mol. The van der Waals surface area contributed by atoms with Crippen LogP contribution in [-0.2, 0) is 0 Å². The van der Waals surface area contributed by atoms with E-state index in [0.717, 1.165) is 33.7 Å². The molecule has 0 N–H and O–H groups in total. The van der Waals surface area contributed by atoms with E-state index < -0.39 is 0 Å². The van der Waals surface area contributed by atoms with Gasteiger partial charge in [-0.05, 0) is 40.2 Å². The second kappa shape index (κ2) is 6.45. The topological polar surface area (TPSA) is 68.2 Å². The molecule has 8 heteroatoms. The number of carbonyl (C=O) groups is 1. The van der Waals surface area contributed by atoms with Gasteiger partial charge in [-0.1, -0.05) is 0 Å². The lowest BCUT2D eigenvalue weighted by molar-refractivity contribution is 0.0771. The zero-order chi connectivity index (χ0) is 16.5. The molecule has 0 spiro atoms. The molecule has 0 bridgehead atoms. The number of hydrogen-bond acceptors (Lipinski definition) is 6. The second-order valence-corrected chi connectivity index (χ2v) is 7.01. The molecular weight excluding hydrogens is 392 g/mol. The molecule has 2 aromatic heterocycles. The lowest BCUT2D eigenvalue weighted by Gasteiger charge is -2.17. The van der Waals surface area contributed by atoms with Crippen LogP contribution in [0.3, 0.4) is 0 Å². The summed E-state index contributed by atoms with van der Waals surface area (Å²) in [5, 5.41) is 0. The van der Waals surface area contributed by atoms with Crippen LogP contribution in [0.15, 0.2) is 41.0 Å². The molecule has 1 unspecified atom stereocenters. The van der Waals surface area contributed by atoms with Gasteiger partial charge in [-0.25, -0.2) is 4.98 Å². The zero-order valence-corrected chi connectivity index (χ0v) is 15.0. The standard InChI is InChI=1S/C16H13BrN4O2S/c17-11-2-4-15(18-8-11)23-12-5-6-21(9-12)16(22)10-1-3-13-14(7-10)20-24-19-13/h1-4,7-8,12H,5-6,9H2. The SMILES string of the molecule is O=C(c1ccc2nsnc2c1)N1CCC(Oc2ccc(Br)cn2)C1. The number of rotatable bonds is 3. The maximum absolute atomic E-state index is 12.7. The summed E-state index contributed by atoms with van der Waals surface area (Å²) in [6, 6.07) is 9.14. The Morgan fingerprint density at radius 3 is 2.96 bits per heavy atom. The van der Waals surface area contributed by atoms with Gasteiger partial charge in [-0.2, -0.15) is 8.75 Å². The number of ether oxygens (including phenoxy) is 1. The molecule has 0 aliphatic carbocycles. The van der Waals surface area contributed by atoms with E-state index in [9.17, 15) is 4.79 Å². The highest BCUT2D eigenvalue weighted by Crippen LogP contribution is 2.21. The number of carbonyl (C=O) groups excluding carboxylic acids is 1. The minimum atomic E-state index is -0.0349. The molecule has 4 rings (SSSR count). The maximum atomic E-state index is 12.7. The van der Waals surface area contributed by atoms with Gasteiger partial charge in [0.2, 0.25) is 5.88 Å². The number of fused-ring (bicyclic) bond motifs is 1. The second-order valence-electron chi connectivity index (χ2n) is 5.56. The van der Waals surface area contributed by atoms with E-state index in [1.807, 2.05) is 23.1 Å². The Bertz CT molecular complexity index is 883. The van der Waals surface area contributed by atoms with Crippen molar-refractivity contribution in [3.8, 4) is 5.88 Å². The Kier molecular flexibility index (Phi) is 4.15. The number of nitrogens with zero attached hydrogens (tertiary/aromatic N) is 4. The average molecular weight is 405 g/mol. The van der Waals surface area contributed by atoms with Gasteiger partial charge < -0.3 is 9.64 Å². The highest BCUT2D eigenvalue weighted by molar-refractivity contribution is 9.10. The Morgan fingerprint density at radius 1 is 1.25 bits per heavy atom. The molecule has 1 atom stereocenters. The van der Waals surface area contributed by atoms with Gasteiger partial charge in [0.15, 0.2) is 0 Å². The molecule has 1 aliphatic rings. The first-order chi connectivity index (χ1) is 11.7. The van der Waals surface area contributed by atoms with Crippen molar-refractivity contribution in [1.29, 1.82) is 0 Å². The van der Waals surface area contributed by atoms with Gasteiger partial charge in [0, 0.05) is 35.3 Å². The van der Waals surface area contributed by atoms with Crippen LogP contribution in [0, 0.1) is 0 Å². The number of halogens is 1. The van der Waals surface area contributed by atoms with Crippen molar-refractivity contribution >= 4 is 44.6 Å². The fraction of sp³-hybridized carbons (Fsp3) is 0.250. The van der Waals surface area contributed by atoms with Crippen LogP contribution in [0.2, 0.25) is 0 Å². The van der Waals surface area contributed by atoms with Crippen LogP contribution in [0.25, 0.3) is 11.0 Å². The van der Waals surface area contributed by atoms with Crippen molar-refractivity contribution in [3.63, 3.8) is 0 Å². The van der Waals surface area contributed by atoms with Gasteiger partial charge in [0.25, 0.3) is 5.91 Å². The van der Waals surface area contributed by atoms with Gasteiger partial charge in [-0.15, -0.1) is 0 Å². The van der Waals surface area contributed by atoms with E-state index in [-0.39, 0.29) is 12.0 Å². The quantitative estimate of drug-likeness (QED) is 0.670. The molecule has 0 radical (unpaired) electrons. The third kappa shape index (κ3) is 3.11. The van der Waals surface area contributed by atoms with E-state index in [1.165, 1.54) is 0 Å². The number of amides is 1. The van der Waals surface area contributed by atoms with Gasteiger partial charge in [0.05, 0.1) is 18.3 Å². The summed E-state index contributed by atoms with van der Waals surface area (Å²) in [6.45, 7) is 1.23. The van der Waals surface area contributed by atoms with E-state index in [1.54, 1.807) is 18.3 Å². The molecule has 1 amide bonds. The highest BCUT2D eigenvalue weighted by atomic mass is 79.9. The van der Waals surface area contributed by atoms with Crippen LogP contribution in [0.4, 0.5) is 0 Å². The molecule has 122 valence electrons. The summed E-state index contributed by atoms with van der Waals surface area (Å²) in [7, 11) is 0. The third-order valence-corrected chi connectivity index (χ3v) is 4.95. The Morgan fingerprint density at radius 2 is 2.12 bits per heavy atom. The Hall–Kier alpha value is -2.06. The van der Waals surface area contributed by atoms with Crippen molar-refractivity contribution in [1.82, 2.24) is 18.6 Å². The number of pyridine rings is 1. The Balaban J connectivity index is 1.43. The molecule has 24 heavy (non-hydrogen) atoms. The Labute approximate surface area is 150 Å². The average Bonchev–Trinajstić information content (AvgIpc) is 3.24. The van der Waals surface area contributed by atoms with E-state index >= 15 is 0 Å². The fourth-order valence-corrected chi connectivity index (χ4v) is 3.46. The van der Waals surface area contributed by atoms with E-state index in [4.69, 9.17) is 4.74 Å². The van der Waals surface area contributed by atoms with Crippen molar-refractivity contribution in [3.05, 3.63) is 46.6 Å². The fourth-order valence-electron chi connectivity index (χ4n) is 2.71. The highest BCUT2D eigenvalue weighted by Gasteiger charge is 2.28. The van der Waals surface area contributed by atoms with Crippen molar-refractivity contribution in [2.45, 2.75) is 12.5 Å². The van der Waals surface area contributed by atoms with Crippen LogP contribution < -0.4 is 4.74 Å². The number of benzene rings is 1. The maximum Gasteiger partial charge on any atom is 0.254 e. The van der Waals surface area contributed by atoms with Gasteiger partial charge in [-0.3, -0.25) is 4.79 Å². The summed E-state index contributed by atoms with van der Waals surface area (Å²) in [4.78, 5) is 18.7. The summed E-state index contributed by atoms with van der Waals surface area (Å²) in [5.41, 5.74) is 2.22. The predicted molar refractivity (Wildman–Crippen MR) is 94.3 cm³/mol. The molecule has 1 aliphatic heterocycles. The van der Waals surface area contributed by atoms with Gasteiger partial charge >= 0.3 is 0 Å². The van der Waals surface area contributed by atoms with Crippen molar-refractivity contribution in [2.75, 3.05) is 13.1 Å². The first-order valence-electron chi connectivity index (χ1n) is 7.49. The number of aromatic nitrogens is 3. The van der Waals surface area contributed by atoms with Crippen LogP contribution in [0.1, 0.15) is 16.8 Å². The molecule has 1 aromatic carbocycles. The third-order valence-electron chi connectivity index (χ3n) is 3.92. The van der Waals surface area contributed by atoms with E-state index in [2.05, 4.69) is 29.7 Å². The summed E-state index contributed by atoms with van der Waals surface area (Å²) >= 11 is 4.50. The predicted octanol–water partition coefficient (Wildman–Crippen LogP) is 3.14. The van der Waals surface area contributed by atoms with E-state index in [0.29, 0.717) is 24.5 Å². The summed E-state index contributed by atoms with van der Waals surface area (Å²) < 4.78 is 15.1. The molecule has 1 fully saturated rings. The van der Waals surface area contributed by atoms with Crippen molar-refractivity contribution in [2.24, 2.45) is 0 Å². The molecule has 3 heterocycles. The lowest BCUT2D eigenvalue weighted by Crippen LogP contribution is -2.31. The zero-order valence-electron chi connectivity index (χ0n) is 12.6. The molecule has 1 saturated heterocycles. The summed E-state index contributed by atoms with van der Waals surface area (Å²) in [6.07, 6.45) is 2.46. The number of likely N-dealkylation sites (tertiary alicyclic amines) is 1. The van der Waals surface area contributed by atoms with Crippen LogP contribution in [0.5, 0.6) is 5.88 Å². The molecule has 3 aromatic rings. The minimum Gasteiger partial charge on any atom is -0.472 e. The molecule has 6 nitrogen and oxygen atoms in total. The summed E-state index contributed by atoms with van der Waals surface area (Å²) in [5.74, 6) is 0.576. The van der Waals surface area contributed by atoms with Crippen LogP contribution in [-0.4, -0.2) is 43.7 Å². The number of hydrogen-bond donors (Lipinski definition) is 0. The van der Waals surface area contributed by atoms with Crippen LogP contribution >= 0.6 is 27.7 Å². The first-order valence-corrected chi connectivity index (χ1v) is 9.01. The smallest absolute Gasteiger partial charge is 0.254 e. The lowest BCUT2D eigenvalue weighted by atomic mass is 10.2. The molecule has 0 saturated carbocycles.